The number of nitrogens with zero attached hydrogens (tertiary/aromatic N) is 4. The first-order valence-corrected chi connectivity index (χ1v) is 18.8. The lowest BCUT2D eigenvalue weighted by atomic mass is 9.96. The summed E-state index contributed by atoms with van der Waals surface area (Å²) in [7, 11) is 0. The largest absolute Gasteiger partial charge is 0.493 e. The molecule has 0 unspecified atom stereocenters. The molecule has 0 saturated carbocycles. The molecule has 2 aliphatic heterocycles. The minimum atomic E-state index is -0.456. The Balaban J connectivity index is 0.000000182. The van der Waals surface area contributed by atoms with Crippen molar-refractivity contribution in [3.63, 3.8) is 0 Å². The van der Waals surface area contributed by atoms with Crippen molar-refractivity contribution in [2.24, 2.45) is 0 Å². The van der Waals surface area contributed by atoms with Gasteiger partial charge in [-0.15, -0.1) is 0 Å². The van der Waals surface area contributed by atoms with Gasteiger partial charge in [-0.05, 0) is 121 Å². The number of halogens is 2. The molecule has 11 heteroatoms. The van der Waals surface area contributed by atoms with Crippen LogP contribution in [0, 0.1) is 13.8 Å². The van der Waals surface area contributed by atoms with Crippen molar-refractivity contribution < 1.29 is 19.4 Å². The molecule has 2 amide bonds. The number of fused-ring (bicyclic) bond motifs is 1. The Kier molecular flexibility index (Phi) is 12.0. The number of aromatic nitrogens is 2. The third-order valence-corrected chi connectivity index (χ3v) is 10.3. The van der Waals surface area contributed by atoms with E-state index < -0.39 is 6.09 Å². The highest BCUT2D eigenvalue weighted by molar-refractivity contribution is 6.30. The molecule has 276 valence electrons. The maximum atomic E-state index is 13.0. The second-order valence-corrected chi connectivity index (χ2v) is 14.2. The zero-order valence-corrected chi connectivity index (χ0v) is 31.8. The summed E-state index contributed by atoms with van der Waals surface area (Å²) in [6.45, 7) is 8.38. The van der Waals surface area contributed by atoms with Gasteiger partial charge in [0.15, 0.2) is 0 Å². The molecule has 3 heterocycles. The zero-order chi connectivity index (χ0) is 37.6. The lowest BCUT2D eigenvalue weighted by Crippen LogP contribution is -2.53. The highest BCUT2D eigenvalue weighted by atomic mass is 35.5. The van der Waals surface area contributed by atoms with E-state index in [1.807, 2.05) is 98.8 Å². The lowest BCUT2D eigenvalue weighted by molar-refractivity contribution is -0.148. The number of aromatic hydroxyl groups is 1. The molecule has 7 rings (SSSR count). The number of benzene rings is 4. The summed E-state index contributed by atoms with van der Waals surface area (Å²) in [5.74, 6) is -0.0230. The maximum Gasteiger partial charge on any atom is 0.428 e. The van der Waals surface area contributed by atoms with Crippen molar-refractivity contribution in [3.05, 3.63) is 122 Å². The number of hydrogen-bond donors (Lipinski definition) is 1. The minimum absolute atomic E-state index is 0.0704. The standard InChI is InChI=1S/C22H25ClN2O3.C20H19ClN2O2/c1-3-28-22(27)25-13-5-4-12-24(25)21(26)15-19-14-18(7-6-16(19)2)17-8-10-20(23)11-9-17;1-13-4-5-15(14-6-8-16(21)9-7-14)12-17(13)18-19(24)22-10-2-3-11-23(22)20(18)25/h6-11,14H,3-5,12-13,15H2,1-2H3;4-9,12,24H,2-3,10-11H2,1H3. The van der Waals surface area contributed by atoms with Gasteiger partial charge in [0, 0.05) is 36.2 Å². The Morgan fingerprint density at radius 1 is 0.679 bits per heavy atom. The van der Waals surface area contributed by atoms with Crippen LogP contribution in [0.5, 0.6) is 5.88 Å². The average Bonchev–Trinajstić information content (AvgIpc) is 3.42. The molecular weight excluding hydrogens is 711 g/mol. The second kappa shape index (κ2) is 16.8. The molecule has 53 heavy (non-hydrogen) atoms. The van der Waals surface area contributed by atoms with Crippen LogP contribution in [0.2, 0.25) is 10.0 Å². The number of aryl methyl sites for hydroxylation is 2. The number of amides is 2. The summed E-state index contributed by atoms with van der Waals surface area (Å²) in [6.07, 6.45) is 3.47. The SMILES string of the molecule is CCOC(=O)N1CCCCN1C(=O)Cc1cc(-c2ccc(Cl)cc2)ccc1C.Cc1ccc(-c2ccc(Cl)cc2)cc1-c1c(O)n2n(c1=O)CCCC2. The van der Waals surface area contributed by atoms with Crippen molar-refractivity contribution in [3.8, 4) is 39.3 Å². The third-order valence-electron chi connectivity index (χ3n) is 9.80. The number of rotatable bonds is 6. The Morgan fingerprint density at radius 2 is 1.19 bits per heavy atom. The Bertz CT molecular complexity index is 2160. The van der Waals surface area contributed by atoms with E-state index in [9.17, 15) is 19.5 Å². The van der Waals surface area contributed by atoms with Gasteiger partial charge < -0.3 is 9.84 Å². The van der Waals surface area contributed by atoms with Gasteiger partial charge in [-0.3, -0.25) is 14.3 Å². The van der Waals surface area contributed by atoms with Crippen molar-refractivity contribution in [1.82, 2.24) is 19.4 Å². The number of carbonyl (C=O) groups excluding carboxylic acids is 2. The highest BCUT2D eigenvalue weighted by Crippen LogP contribution is 2.34. The number of hydrogen-bond acceptors (Lipinski definition) is 5. The summed E-state index contributed by atoms with van der Waals surface area (Å²) < 4.78 is 8.46. The average molecular weight is 756 g/mol. The molecule has 0 atom stereocenters. The molecule has 1 saturated heterocycles. The molecular formula is C42H44Cl2N4O5. The third kappa shape index (κ3) is 8.47. The second-order valence-electron chi connectivity index (χ2n) is 13.4. The van der Waals surface area contributed by atoms with Crippen LogP contribution >= 0.6 is 23.2 Å². The topological polar surface area (TPSA) is 97.0 Å². The first-order chi connectivity index (χ1) is 25.5. The van der Waals surface area contributed by atoms with Crippen LogP contribution in [0.1, 0.15) is 49.3 Å². The van der Waals surface area contributed by atoms with Gasteiger partial charge in [-0.1, -0.05) is 77.8 Å². The van der Waals surface area contributed by atoms with Crippen LogP contribution in [0.25, 0.3) is 33.4 Å². The van der Waals surface area contributed by atoms with E-state index in [4.69, 9.17) is 27.9 Å². The summed E-state index contributed by atoms with van der Waals surface area (Å²) in [6, 6.07) is 27.3. The molecule has 5 aromatic rings. The van der Waals surface area contributed by atoms with Crippen LogP contribution in [-0.2, 0) is 29.0 Å². The van der Waals surface area contributed by atoms with E-state index in [0.717, 1.165) is 70.2 Å². The molecule has 0 aliphatic carbocycles. The first kappa shape index (κ1) is 37.8. The minimum Gasteiger partial charge on any atom is -0.493 e. The highest BCUT2D eigenvalue weighted by Gasteiger charge is 2.30. The maximum absolute atomic E-state index is 13.0. The predicted molar refractivity (Wildman–Crippen MR) is 210 cm³/mol. The van der Waals surface area contributed by atoms with Crippen LogP contribution in [-0.4, -0.2) is 56.2 Å². The van der Waals surface area contributed by atoms with E-state index in [0.29, 0.717) is 48.4 Å². The van der Waals surface area contributed by atoms with E-state index >= 15 is 0 Å². The molecule has 1 fully saturated rings. The first-order valence-electron chi connectivity index (χ1n) is 18.0. The molecule has 0 bridgehead atoms. The smallest absolute Gasteiger partial charge is 0.428 e. The molecule has 0 spiro atoms. The molecule has 1 N–H and O–H groups in total. The monoisotopic (exact) mass is 754 g/mol. The van der Waals surface area contributed by atoms with Crippen LogP contribution in [0.4, 0.5) is 4.79 Å². The van der Waals surface area contributed by atoms with E-state index in [1.54, 1.807) is 16.3 Å². The molecule has 9 nitrogen and oxygen atoms in total. The molecule has 0 radical (unpaired) electrons. The van der Waals surface area contributed by atoms with Crippen molar-refractivity contribution in [2.45, 2.75) is 66.0 Å². The molecule has 1 aromatic heterocycles. The van der Waals surface area contributed by atoms with Crippen LogP contribution < -0.4 is 5.56 Å². The van der Waals surface area contributed by atoms with E-state index in [2.05, 4.69) is 0 Å². The fraction of sp³-hybridized carbons (Fsp3) is 0.310. The van der Waals surface area contributed by atoms with E-state index in [1.165, 1.54) is 10.0 Å². The van der Waals surface area contributed by atoms with Gasteiger partial charge in [-0.25, -0.2) is 19.5 Å². The van der Waals surface area contributed by atoms with Gasteiger partial charge in [0.25, 0.3) is 5.56 Å². The van der Waals surface area contributed by atoms with Gasteiger partial charge >= 0.3 is 6.09 Å². The van der Waals surface area contributed by atoms with E-state index in [-0.39, 0.29) is 23.8 Å². The molecule has 2 aliphatic rings. The van der Waals surface area contributed by atoms with Gasteiger partial charge in [0.2, 0.25) is 11.8 Å². The number of hydrazine groups is 1. The fourth-order valence-corrected chi connectivity index (χ4v) is 7.10. The summed E-state index contributed by atoms with van der Waals surface area (Å²) in [5, 5.41) is 15.0. The lowest BCUT2D eigenvalue weighted by Gasteiger charge is -2.37. The molecule has 4 aromatic carbocycles. The van der Waals surface area contributed by atoms with Crippen LogP contribution in [0.3, 0.4) is 0 Å². The number of carbonyl (C=O) groups is 2. The van der Waals surface area contributed by atoms with Gasteiger partial charge in [-0.2, -0.15) is 0 Å². The summed E-state index contributed by atoms with van der Waals surface area (Å²) in [4.78, 5) is 38.0. The zero-order valence-electron chi connectivity index (χ0n) is 30.3. The van der Waals surface area contributed by atoms with Crippen molar-refractivity contribution in [1.29, 1.82) is 0 Å². The predicted octanol–water partition coefficient (Wildman–Crippen LogP) is 9.30. The summed E-state index contributed by atoms with van der Waals surface area (Å²) in [5.41, 5.74) is 8.12. The van der Waals surface area contributed by atoms with Crippen LogP contribution in [0.15, 0.2) is 89.7 Å². The fourth-order valence-electron chi connectivity index (χ4n) is 6.85. The van der Waals surface area contributed by atoms with Crippen molar-refractivity contribution in [2.75, 3.05) is 19.7 Å². The normalized spacial score (nSPS) is 13.9. The van der Waals surface area contributed by atoms with Crippen molar-refractivity contribution >= 4 is 35.2 Å². The Hall–Kier alpha value is -4.99. The number of ether oxygens (including phenoxy) is 1. The Morgan fingerprint density at radius 3 is 1.77 bits per heavy atom. The quantitative estimate of drug-likeness (QED) is 0.186. The van der Waals surface area contributed by atoms with Gasteiger partial charge in [0.1, 0.15) is 5.56 Å². The Labute approximate surface area is 319 Å². The summed E-state index contributed by atoms with van der Waals surface area (Å²) >= 11 is 12.0. The van der Waals surface area contributed by atoms with Gasteiger partial charge in [0.05, 0.1) is 13.0 Å².